The Hall–Kier alpha value is -1.69. The van der Waals surface area contributed by atoms with Gasteiger partial charge in [0, 0.05) is 4.47 Å². The molecule has 0 aliphatic rings. The summed E-state index contributed by atoms with van der Waals surface area (Å²) in [7, 11) is 0. The molecule has 0 saturated carbocycles. The molecule has 0 saturated heterocycles. The van der Waals surface area contributed by atoms with Crippen LogP contribution in [0, 0.1) is 0 Å². The van der Waals surface area contributed by atoms with E-state index in [9.17, 15) is 4.79 Å². The molecular formula is C16H17BrN2O2. The molecule has 0 aliphatic heterocycles. The number of amides is 1. The summed E-state index contributed by atoms with van der Waals surface area (Å²) < 4.78 is 6.73. The van der Waals surface area contributed by atoms with Gasteiger partial charge in [0.1, 0.15) is 0 Å². The number of nitrogens with one attached hydrogen (secondary N) is 1. The van der Waals surface area contributed by atoms with Gasteiger partial charge < -0.3 is 4.74 Å². The Morgan fingerprint density at radius 2 is 1.71 bits per heavy atom. The molecule has 1 amide bonds. The lowest BCUT2D eigenvalue weighted by Crippen LogP contribution is -2.31. The zero-order valence-electron chi connectivity index (χ0n) is 11.5. The normalized spacial score (nSPS) is 10.4. The van der Waals surface area contributed by atoms with E-state index in [1.54, 1.807) is 0 Å². The molecule has 110 valence electrons. The second-order valence-electron chi connectivity index (χ2n) is 4.68. The van der Waals surface area contributed by atoms with Crippen LogP contribution in [0.5, 0.6) is 0 Å². The molecule has 4 nitrogen and oxygen atoms in total. The Kier molecular flexibility index (Phi) is 5.92. The van der Waals surface area contributed by atoms with E-state index in [1.807, 2.05) is 48.5 Å². The minimum Gasteiger partial charge on any atom is -0.372 e. The summed E-state index contributed by atoms with van der Waals surface area (Å²) >= 11 is 3.44. The summed E-state index contributed by atoms with van der Waals surface area (Å²) in [6, 6.07) is 15.8. The monoisotopic (exact) mass is 348 g/mol. The van der Waals surface area contributed by atoms with Crippen LogP contribution < -0.4 is 11.3 Å². The van der Waals surface area contributed by atoms with E-state index in [0.717, 1.165) is 21.2 Å². The van der Waals surface area contributed by atoms with Crippen molar-refractivity contribution < 1.29 is 9.53 Å². The van der Waals surface area contributed by atoms with E-state index in [2.05, 4.69) is 21.4 Å². The first kappa shape index (κ1) is 15.7. The number of hydrogen-bond donors (Lipinski definition) is 2. The lowest BCUT2D eigenvalue weighted by molar-refractivity contribution is -0.120. The van der Waals surface area contributed by atoms with Crippen molar-refractivity contribution in [3.63, 3.8) is 0 Å². The predicted octanol–water partition coefficient (Wildman–Crippen LogP) is 2.70. The molecule has 2 aromatic rings. The molecule has 3 N–H and O–H groups in total. The van der Waals surface area contributed by atoms with E-state index in [4.69, 9.17) is 10.6 Å². The van der Waals surface area contributed by atoms with Crippen molar-refractivity contribution in [2.75, 3.05) is 0 Å². The lowest BCUT2D eigenvalue weighted by atomic mass is 10.1. The van der Waals surface area contributed by atoms with E-state index < -0.39 is 0 Å². The molecule has 0 atom stereocenters. The third-order valence-electron chi connectivity index (χ3n) is 2.98. The first-order valence-electron chi connectivity index (χ1n) is 6.57. The highest BCUT2D eigenvalue weighted by Crippen LogP contribution is 2.13. The van der Waals surface area contributed by atoms with Gasteiger partial charge in [0.15, 0.2) is 0 Å². The molecule has 0 fully saturated rings. The van der Waals surface area contributed by atoms with Crippen molar-refractivity contribution in [2.45, 2.75) is 19.6 Å². The standard InChI is InChI=1S/C16H17BrN2O2/c17-15-3-1-2-14(8-15)11-21-10-13-6-4-12(5-7-13)9-16(20)19-18/h1-8H,9-11,18H2,(H,19,20). The fourth-order valence-corrected chi connectivity index (χ4v) is 2.35. The van der Waals surface area contributed by atoms with Gasteiger partial charge in [-0.3, -0.25) is 10.2 Å². The van der Waals surface area contributed by atoms with Gasteiger partial charge in [-0.2, -0.15) is 0 Å². The summed E-state index contributed by atoms with van der Waals surface area (Å²) in [6.07, 6.45) is 0.287. The first-order valence-corrected chi connectivity index (χ1v) is 7.36. The van der Waals surface area contributed by atoms with Crippen molar-refractivity contribution in [3.05, 3.63) is 69.7 Å². The van der Waals surface area contributed by atoms with Gasteiger partial charge in [-0.25, -0.2) is 5.84 Å². The van der Waals surface area contributed by atoms with Crippen LogP contribution in [0.3, 0.4) is 0 Å². The molecule has 0 spiro atoms. The van der Waals surface area contributed by atoms with Crippen molar-refractivity contribution >= 4 is 21.8 Å². The molecule has 0 bridgehead atoms. The fraction of sp³-hybridized carbons (Fsp3) is 0.188. The summed E-state index contributed by atoms with van der Waals surface area (Å²) in [5.41, 5.74) is 5.24. The van der Waals surface area contributed by atoms with Crippen LogP contribution in [0.2, 0.25) is 0 Å². The minimum absolute atomic E-state index is 0.200. The lowest BCUT2D eigenvalue weighted by Gasteiger charge is -2.06. The Morgan fingerprint density at radius 1 is 1.05 bits per heavy atom. The van der Waals surface area contributed by atoms with E-state index in [0.29, 0.717) is 13.2 Å². The second-order valence-corrected chi connectivity index (χ2v) is 5.60. The van der Waals surface area contributed by atoms with Crippen molar-refractivity contribution in [2.24, 2.45) is 5.84 Å². The van der Waals surface area contributed by atoms with Gasteiger partial charge in [-0.1, -0.05) is 52.3 Å². The van der Waals surface area contributed by atoms with Crippen LogP contribution >= 0.6 is 15.9 Å². The zero-order valence-corrected chi connectivity index (χ0v) is 13.1. The number of hydrazine groups is 1. The molecule has 0 aromatic heterocycles. The average molecular weight is 349 g/mol. The van der Waals surface area contributed by atoms with Gasteiger partial charge in [-0.15, -0.1) is 0 Å². The average Bonchev–Trinajstić information content (AvgIpc) is 2.49. The summed E-state index contributed by atoms with van der Waals surface area (Å²) in [5, 5.41) is 0. The number of rotatable bonds is 6. The number of nitrogens with two attached hydrogens (primary N) is 1. The number of carbonyl (C=O) groups excluding carboxylic acids is 1. The van der Waals surface area contributed by atoms with E-state index in [1.165, 1.54) is 0 Å². The van der Waals surface area contributed by atoms with Crippen LogP contribution in [-0.4, -0.2) is 5.91 Å². The van der Waals surface area contributed by atoms with Crippen molar-refractivity contribution in [1.29, 1.82) is 0 Å². The van der Waals surface area contributed by atoms with Crippen molar-refractivity contribution in [1.82, 2.24) is 5.43 Å². The summed E-state index contributed by atoms with van der Waals surface area (Å²) in [6.45, 7) is 1.10. The highest BCUT2D eigenvalue weighted by atomic mass is 79.9. The second kappa shape index (κ2) is 7.93. The summed E-state index contributed by atoms with van der Waals surface area (Å²) in [5.74, 6) is 4.86. The Morgan fingerprint density at radius 3 is 2.38 bits per heavy atom. The molecule has 0 unspecified atom stereocenters. The molecule has 5 heteroatoms. The van der Waals surface area contributed by atoms with E-state index >= 15 is 0 Å². The summed E-state index contributed by atoms with van der Waals surface area (Å²) in [4.78, 5) is 11.2. The number of ether oxygens (including phenoxy) is 1. The molecule has 0 radical (unpaired) electrons. The van der Waals surface area contributed by atoms with Crippen LogP contribution in [0.25, 0.3) is 0 Å². The first-order chi connectivity index (χ1) is 10.2. The number of benzene rings is 2. The third kappa shape index (κ3) is 5.30. The molecule has 21 heavy (non-hydrogen) atoms. The number of carbonyl (C=O) groups is 1. The highest BCUT2D eigenvalue weighted by Gasteiger charge is 2.01. The maximum absolute atomic E-state index is 11.2. The van der Waals surface area contributed by atoms with Crippen LogP contribution in [0.4, 0.5) is 0 Å². The number of halogens is 1. The van der Waals surface area contributed by atoms with Crippen LogP contribution in [0.1, 0.15) is 16.7 Å². The SMILES string of the molecule is NNC(=O)Cc1ccc(COCc2cccc(Br)c2)cc1. The number of hydrogen-bond acceptors (Lipinski definition) is 3. The van der Waals surface area contributed by atoms with Gasteiger partial charge in [0.25, 0.3) is 0 Å². The highest BCUT2D eigenvalue weighted by molar-refractivity contribution is 9.10. The minimum atomic E-state index is -0.200. The van der Waals surface area contributed by atoms with Crippen LogP contribution in [-0.2, 0) is 29.2 Å². The largest absolute Gasteiger partial charge is 0.372 e. The molecule has 2 rings (SSSR count). The molecule has 0 aliphatic carbocycles. The van der Waals surface area contributed by atoms with Gasteiger partial charge >= 0.3 is 0 Å². The van der Waals surface area contributed by atoms with Gasteiger partial charge in [0.05, 0.1) is 19.6 Å². The maximum atomic E-state index is 11.2. The third-order valence-corrected chi connectivity index (χ3v) is 3.47. The fourth-order valence-electron chi connectivity index (χ4n) is 1.90. The Bertz CT molecular complexity index is 599. The molecular weight excluding hydrogens is 332 g/mol. The Balaban J connectivity index is 1.82. The van der Waals surface area contributed by atoms with Crippen molar-refractivity contribution in [3.8, 4) is 0 Å². The Labute approximate surface area is 132 Å². The molecule has 2 aromatic carbocycles. The predicted molar refractivity (Wildman–Crippen MR) is 85.1 cm³/mol. The van der Waals surface area contributed by atoms with Gasteiger partial charge in [0.2, 0.25) is 5.91 Å². The quantitative estimate of drug-likeness (QED) is 0.479. The molecule has 0 heterocycles. The van der Waals surface area contributed by atoms with E-state index in [-0.39, 0.29) is 12.3 Å². The zero-order chi connectivity index (χ0) is 15.1. The topological polar surface area (TPSA) is 64.3 Å². The maximum Gasteiger partial charge on any atom is 0.238 e. The van der Waals surface area contributed by atoms with Gasteiger partial charge in [-0.05, 0) is 28.8 Å². The smallest absolute Gasteiger partial charge is 0.238 e. The van der Waals surface area contributed by atoms with Crippen LogP contribution in [0.15, 0.2) is 53.0 Å².